The van der Waals surface area contributed by atoms with E-state index in [1.54, 1.807) is 39.0 Å². The van der Waals surface area contributed by atoms with Crippen molar-refractivity contribution in [2.75, 3.05) is 27.3 Å². The minimum Gasteiger partial charge on any atom is -0.497 e. The Kier molecular flexibility index (Phi) is 8.08. The predicted molar refractivity (Wildman–Crippen MR) is 99.7 cm³/mol. The Morgan fingerprint density at radius 1 is 1.07 bits per heavy atom. The van der Waals surface area contributed by atoms with Crippen molar-refractivity contribution in [1.29, 1.82) is 0 Å². The first kappa shape index (κ1) is 22.3. The summed E-state index contributed by atoms with van der Waals surface area (Å²) in [6.45, 7) is 5.12. The lowest BCUT2D eigenvalue weighted by Gasteiger charge is -2.22. The highest BCUT2D eigenvalue weighted by atomic mass is 16.5. The van der Waals surface area contributed by atoms with Gasteiger partial charge in [0.1, 0.15) is 18.0 Å². The minimum atomic E-state index is -1.11. The van der Waals surface area contributed by atoms with Gasteiger partial charge in [-0.2, -0.15) is 0 Å². The molecule has 27 heavy (non-hydrogen) atoms. The highest BCUT2D eigenvalue weighted by Crippen LogP contribution is 2.23. The van der Waals surface area contributed by atoms with E-state index >= 15 is 0 Å². The first-order valence-electron chi connectivity index (χ1n) is 8.56. The average molecular weight is 380 g/mol. The molecule has 8 nitrogen and oxygen atoms in total. The summed E-state index contributed by atoms with van der Waals surface area (Å²) in [5.74, 6) is -0.558. The Morgan fingerprint density at radius 3 is 2.07 bits per heavy atom. The second-order valence-corrected chi connectivity index (χ2v) is 7.12. The second-order valence-electron chi connectivity index (χ2n) is 7.12. The van der Waals surface area contributed by atoms with Crippen LogP contribution in [0.5, 0.6) is 11.5 Å². The molecule has 0 unspecified atom stereocenters. The zero-order chi connectivity index (χ0) is 20.6. The van der Waals surface area contributed by atoms with Crippen LogP contribution in [0.25, 0.3) is 0 Å². The van der Waals surface area contributed by atoms with Gasteiger partial charge in [-0.3, -0.25) is 14.4 Å². The number of ether oxygens (including phenoxy) is 2. The number of amides is 2. The molecule has 1 aromatic carbocycles. The largest absolute Gasteiger partial charge is 0.497 e. The summed E-state index contributed by atoms with van der Waals surface area (Å²) < 4.78 is 10.4. The van der Waals surface area contributed by atoms with Crippen LogP contribution in [-0.4, -0.2) is 55.1 Å². The molecule has 0 bridgehead atoms. The molecule has 0 heterocycles. The Balaban J connectivity index is 2.82. The highest BCUT2D eigenvalue weighted by molar-refractivity contribution is 5.83. The van der Waals surface area contributed by atoms with Crippen molar-refractivity contribution in [1.82, 2.24) is 10.2 Å². The fourth-order valence-corrected chi connectivity index (χ4v) is 2.28. The molecule has 0 radical (unpaired) electrons. The maximum absolute atomic E-state index is 12.5. The molecule has 2 amide bonds. The van der Waals surface area contributed by atoms with Crippen molar-refractivity contribution >= 4 is 17.8 Å². The maximum Gasteiger partial charge on any atom is 0.323 e. The van der Waals surface area contributed by atoms with Gasteiger partial charge in [0.25, 0.3) is 0 Å². The number of nitrogens with one attached hydrogen (secondary N) is 1. The highest BCUT2D eigenvalue weighted by Gasteiger charge is 2.22. The molecule has 150 valence electrons. The standard InChI is InChI=1S/C19H28N2O6/c1-19(2,3)18(25)20-7-6-16(22)21(12-17(23)24)11-13-8-14(26-4)10-15(9-13)27-5/h8-10H,6-7,11-12H2,1-5H3,(H,20,25)(H,23,24). The molecule has 1 aromatic rings. The van der Waals surface area contributed by atoms with E-state index in [0.717, 1.165) is 0 Å². The average Bonchev–Trinajstić information content (AvgIpc) is 2.59. The third kappa shape index (κ3) is 7.55. The van der Waals surface area contributed by atoms with Gasteiger partial charge in [-0.1, -0.05) is 20.8 Å². The van der Waals surface area contributed by atoms with Crippen LogP contribution in [0.3, 0.4) is 0 Å². The van der Waals surface area contributed by atoms with Gasteiger partial charge in [-0.05, 0) is 17.7 Å². The molecule has 0 saturated carbocycles. The minimum absolute atomic E-state index is 0.0101. The number of carboxylic acid groups (broad SMARTS) is 1. The lowest BCUT2D eigenvalue weighted by Crippen LogP contribution is -2.39. The molecule has 0 saturated heterocycles. The van der Waals surface area contributed by atoms with Gasteiger partial charge < -0.3 is 24.8 Å². The van der Waals surface area contributed by atoms with Crippen molar-refractivity contribution in [2.45, 2.75) is 33.7 Å². The summed E-state index contributed by atoms with van der Waals surface area (Å²) >= 11 is 0. The number of carboxylic acids is 1. The summed E-state index contributed by atoms with van der Waals surface area (Å²) in [7, 11) is 3.02. The molecular formula is C19H28N2O6. The molecule has 0 aliphatic carbocycles. The van der Waals surface area contributed by atoms with Crippen LogP contribution in [-0.2, 0) is 20.9 Å². The zero-order valence-electron chi connectivity index (χ0n) is 16.5. The smallest absolute Gasteiger partial charge is 0.323 e. The lowest BCUT2D eigenvalue weighted by atomic mass is 9.96. The van der Waals surface area contributed by atoms with E-state index in [1.165, 1.54) is 19.1 Å². The Bertz CT molecular complexity index is 659. The second kappa shape index (κ2) is 9.80. The Labute approximate surface area is 159 Å². The summed E-state index contributed by atoms with van der Waals surface area (Å²) in [4.78, 5) is 36.7. The van der Waals surface area contributed by atoms with Crippen LogP contribution in [0.4, 0.5) is 0 Å². The quantitative estimate of drug-likeness (QED) is 0.675. The molecule has 0 spiro atoms. The van der Waals surface area contributed by atoms with Crippen molar-refractivity contribution < 1.29 is 29.0 Å². The molecule has 1 rings (SSSR count). The number of hydrogen-bond donors (Lipinski definition) is 2. The van der Waals surface area contributed by atoms with Gasteiger partial charge in [0.15, 0.2) is 0 Å². The SMILES string of the molecule is COc1cc(CN(CC(=O)O)C(=O)CCNC(=O)C(C)(C)C)cc(OC)c1. The third-order valence-corrected chi connectivity index (χ3v) is 3.77. The first-order valence-corrected chi connectivity index (χ1v) is 8.56. The first-order chi connectivity index (χ1) is 12.6. The van der Waals surface area contributed by atoms with Crippen LogP contribution in [0.1, 0.15) is 32.8 Å². The number of nitrogens with zero attached hydrogens (tertiary/aromatic N) is 1. The van der Waals surface area contributed by atoms with Crippen molar-refractivity contribution in [3.63, 3.8) is 0 Å². The van der Waals surface area contributed by atoms with Crippen LogP contribution in [0, 0.1) is 5.41 Å². The lowest BCUT2D eigenvalue weighted by molar-refractivity contribution is -0.145. The monoisotopic (exact) mass is 380 g/mol. The van der Waals surface area contributed by atoms with E-state index < -0.39 is 17.9 Å². The summed E-state index contributed by atoms with van der Waals surface area (Å²) in [6.07, 6.45) is 0.0101. The van der Waals surface area contributed by atoms with Gasteiger partial charge in [0.05, 0.1) is 14.2 Å². The molecule has 2 N–H and O–H groups in total. The van der Waals surface area contributed by atoms with Gasteiger partial charge >= 0.3 is 5.97 Å². The van der Waals surface area contributed by atoms with Gasteiger partial charge in [0, 0.05) is 31.0 Å². The van der Waals surface area contributed by atoms with Crippen molar-refractivity contribution in [3.05, 3.63) is 23.8 Å². The molecule has 8 heteroatoms. The summed E-state index contributed by atoms with van der Waals surface area (Å²) in [5.41, 5.74) is 0.125. The molecular weight excluding hydrogens is 352 g/mol. The van der Waals surface area contributed by atoms with Gasteiger partial charge in [0.2, 0.25) is 11.8 Å². The van der Waals surface area contributed by atoms with Gasteiger partial charge in [-0.25, -0.2) is 0 Å². The number of aliphatic carboxylic acids is 1. The van der Waals surface area contributed by atoms with Crippen LogP contribution in [0.15, 0.2) is 18.2 Å². The summed E-state index contributed by atoms with van der Waals surface area (Å²) in [5, 5.41) is 11.8. The number of carbonyl (C=O) groups excluding carboxylic acids is 2. The molecule has 0 aliphatic rings. The van der Waals surface area contributed by atoms with E-state index in [4.69, 9.17) is 14.6 Å². The van der Waals surface area contributed by atoms with E-state index in [0.29, 0.717) is 17.1 Å². The molecule has 0 atom stereocenters. The third-order valence-electron chi connectivity index (χ3n) is 3.77. The van der Waals surface area contributed by atoms with Crippen LogP contribution < -0.4 is 14.8 Å². The van der Waals surface area contributed by atoms with Crippen molar-refractivity contribution in [3.8, 4) is 11.5 Å². The normalized spacial score (nSPS) is 10.9. The van der Waals surface area contributed by atoms with Crippen LogP contribution in [0.2, 0.25) is 0 Å². The number of benzene rings is 1. The fourth-order valence-electron chi connectivity index (χ4n) is 2.28. The Morgan fingerprint density at radius 2 is 1.63 bits per heavy atom. The number of methoxy groups -OCH3 is 2. The van der Waals surface area contributed by atoms with Crippen LogP contribution >= 0.6 is 0 Å². The van der Waals surface area contributed by atoms with E-state index in [2.05, 4.69) is 5.32 Å². The Hall–Kier alpha value is -2.77. The predicted octanol–water partition coefficient (Wildman–Crippen LogP) is 1.67. The molecule has 0 aromatic heterocycles. The topological polar surface area (TPSA) is 105 Å². The molecule has 0 fully saturated rings. The van der Waals surface area contributed by atoms with Crippen molar-refractivity contribution in [2.24, 2.45) is 5.41 Å². The zero-order valence-corrected chi connectivity index (χ0v) is 16.5. The van der Waals surface area contributed by atoms with E-state index in [-0.39, 0.29) is 31.3 Å². The summed E-state index contributed by atoms with van der Waals surface area (Å²) in [6, 6.07) is 5.12. The van der Waals surface area contributed by atoms with E-state index in [9.17, 15) is 14.4 Å². The fraction of sp³-hybridized carbons (Fsp3) is 0.526. The number of hydrogen-bond acceptors (Lipinski definition) is 5. The van der Waals surface area contributed by atoms with Gasteiger partial charge in [-0.15, -0.1) is 0 Å². The number of rotatable bonds is 9. The maximum atomic E-state index is 12.5. The van der Waals surface area contributed by atoms with E-state index in [1.807, 2.05) is 0 Å². The molecule has 0 aliphatic heterocycles. The number of carbonyl (C=O) groups is 3.